The number of rotatable bonds is 4. The van der Waals surface area contributed by atoms with Crippen molar-refractivity contribution in [2.75, 3.05) is 24.3 Å². The van der Waals surface area contributed by atoms with Crippen LogP contribution in [0.3, 0.4) is 0 Å². The molecule has 0 aliphatic heterocycles. The molecule has 0 aliphatic rings. The van der Waals surface area contributed by atoms with E-state index in [1.807, 2.05) is 43.3 Å². The third kappa shape index (κ3) is 3.78. The van der Waals surface area contributed by atoms with Crippen molar-refractivity contribution in [1.29, 1.82) is 0 Å². The largest absolute Gasteiger partial charge is 0.380 e. The predicted molar refractivity (Wildman–Crippen MR) is 90.1 cm³/mol. The van der Waals surface area contributed by atoms with Crippen LogP contribution in [0.25, 0.3) is 0 Å². The second-order valence-corrected chi connectivity index (χ2v) is 7.25. The summed E-state index contributed by atoms with van der Waals surface area (Å²) in [7, 11) is 3.94. The molecule has 0 amide bonds. The highest BCUT2D eigenvalue weighted by Gasteiger charge is 2.06. The van der Waals surface area contributed by atoms with Crippen LogP contribution in [0.5, 0.6) is 0 Å². The van der Waals surface area contributed by atoms with E-state index in [1.165, 1.54) is 4.88 Å². The normalized spacial score (nSPS) is 10.6. The van der Waals surface area contributed by atoms with Crippen molar-refractivity contribution in [1.82, 2.24) is 0 Å². The Kier molecular flexibility index (Phi) is 5.01. The number of thiophene rings is 1. The molecule has 19 heavy (non-hydrogen) atoms. The first-order valence-corrected chi connectivity index (χ1v) is 7.98. The van der Waals surface area contributed by atoms with E-state index in [0.717, 1.165) is 31.8 Å². The Morgan fingerprint density at radius 1 is 1.26 bits per heavy atom. The van der Waals surface area contributed by atoms with E-state index in [1.54, 1.807) is 11.3 Å². The standard InChI is InChI=1S/C13H13BrCl2N2S/c1-18(2)12-4-3-8(5-11(12)15)17-7-9-6-10(14)13(16)19-9/h3-6,17H,7H2,1-2H3. The molecule has 0 saturated carbocycles. The number of benzene rings is 1. The highest BCUT2D eigenvalue weighted by Crippen LogP contribution is 2.33. The van der Waals surface area contributed by atoms with Gasteiger partial charge in [-0.2, -0.15) is 0 Å². The Morgan fingerprint density at radius 2 is 2.00 bits per heavy atom. The fourth-order valence-corrected chi connectivity index (χ4v) is 3.73. The molecule has 0 atom stereocenters. The Bertz CT molecular complexity index is 565. The van der Waals surface area contributed by atoms with Crippen molar-refractivity contribution in [3.05, 3.63) is 43.0 Å². The molecule has 1 heterocycles. The third-order valence-corrected chi connectivity index (χ3v) is 5.37. The lowest BCUT2D eigenvalue weighted by atomic mass is 10.2. The van der Waals surface area contributed by atoms with Gasteiger partial charge in [0.1, 0.15) is 4.34 Å². The Hall–Kier alpha value is -0.420. The second-order valence-electron chi connectivity index (χ2n) is 4.25. The Labute approximate surface area is 135 Å². The molecule has 0 bridgehead atoms. The summed E-state index contributed by atoms with van der Waals surface area (Å²) in [6.07, 6.45) is 0. The summed E-state index contributed by atoms with van der Waals surface area (Å²) in [6.45, 7) is 0.730. The molecule has 1 N–H and O–H groups in total. The molecule has 0 unspecified atom stereocenters. The van der Waals surface area contributed by atoms with Crippen LogP contribution >= 0.6 is 50.5 Å². The van der Waals surface area contributed by atoms with E-state index < -0.39 is 0 Å². The molecule has 0 spiro atoms. The summed E-state index contributed by atoms with van der Waals surface area (Å²) in [5.74, 6) is 0. The molecule has 1 aromatic heterocycles. The van der Waals surface area contributed by atoms with Gasteiger partial charge in [-0.05, 0) is 40.2 Å². The molecule has 0 saturated heterocycles. The van der Waals surface area contributed by atoms with Gasteiger partial charge in [0.05, 0.1) is 10.7 Å². The summed E-state index contributed by atoms with van der Waals surface area (Å²) in [5.41, 5.74) is 2.00. The molecule has 0 fully saturated rings. The SMILES string of the molecule is CN(C)c1ccc(NCc2cc(Br)c(Cl)s2)cc1Cl. The van der Waals surface area contributed by atoms with Gasteiger partial charge in [-0.3, -0.25) is 0 Å². The van der Waals surface area contributed by atoms with E-state index in [2.05, 4.69) is 21.2 Å². The van der Waals surface area contributed by atoms with Crippen molar-refractivity contribution in [2.45, 2.75) is 6.54 Å². The van der Waals surface area contributed by atoms with E-state index in [4.69, 9.17) is 23.2 Å². The zero-order chi connectivity index (χ0) is 14.0. The van der Waals surface area contributed by atoms with Gasteiger partial charge in [-0.15, -0.1) is 11.3 Å². The van der Waals surface area contributed by atoms with Gasteiger partial charge in [-0.25, -0.2) is 0 Å². The molecule has 2 rings (SSSR count). The van der Waals surface area contributed by atoms with Gasteiger partial charge in [0.15, 0.2) is 0 Å². The Balaban J connectivity index is 2.06. The van der Waals surface area contributed by atoms with Gasteiger partial charge in [-0.1, -0.05) is 23.2 Å². The van der Waals surface area contributed by atoms with Crippen molar-refractivity contribution in [2.24, 2.45) is 0 Å². The van der Waals surface area contributed by atoms with Crippen molar-refractivity contribution >= 4 is 61.8 Å². The van der Waals surface area contributed by atoms with Gasteiger partial charge >= 0.3 is 0 Å². The lowest BCUT2D eigenvalue weighted by Gasteiger charge is -2.15. The van der Waals surface area contributed by atoms with Crippen LogP contribution in [0.4, 0.5) is 11.4 Å². The van der Waals surface area contributed by atoms with Crippen LogP contribution in [0.1, 0.15) is 4.88 Å². The van der Waals surface area contributed by atoms with Crippen LogP contribution in [-0.2, 0) is 6.54 Å². The van der Waals surface area contributed by atoms with Crippen molar-refractivity contribution in [3.63, 3.8) is 0 Å². The molecule has 0 radical (unpaired) electrons. The monoisotopic (exact) mass is 378 g/mol. The molecular weight excluding hydrogens is 367 g/mol. The maximum atomic E-state index is 6.23. The van der Waals surface area contributed by atoms with Gasteiger partial charge in [0.2, 0.25) is 0 Å². The first kappa shape index (κ1) is 15.0. The minimum absolute atomic E-state index is 0.730. The molecule has 0 aliphatic carbocycles. The lowest BCUT2D eigenvalue weighted by molar-refractivity contribution is 1.13. The maximum absolute atomic E-state index is 6.23. The first-order chi connectivity index (χ1) is 8.97. The number of nitrogens with zero attached hydrogens (tertiary/aromatic N) is 1. The van der Waals surface area contributed by atoms with Crippen LogP contribution < -0.4 is 10.2 Å². The fraction of sp³-hybridized carbons (Fsp3) is 0.231. The van der Waals surface area contributed by atoms with Crippen LogP contribution in [0, 0.1) is 0 Å². The number of halogens is 3. The molecule has 1 aromatic carbocycles. The van der Waals surface area contributed by atoms with Crippen LogP contribution in [-0.4, -0.2) is 14.1 Å². The van der Waals surface area contributed by atoms with Gasteiger partial charge in [0.25, 0.3) is 0 Å². The summed E-state index contributed by atoms with van der Waals surface area (Å²) >= 11 is 17.2. The maximum Gasteiger partial charge on any atom is 0.107 e. The zero-order valence-electron chi connectivity index (χ0n) is 10.5. The minimum Gasteiger partial charge on any atom is -0.380 e. The van der Waals surface area contributed by atoms with E-state index in [0.29, 0.717) is 0 Å². The van der Waals surface area contributed by atoms with Gasteiger partial charge < -0.3 is 10.2 Å². The predicted octanol–water partition coefficient (Wildman–Crippen LogP) is 5.50. The third-order valence-electron chi connectivity index (χ3n) is 2.59. The number of nitrogens with one attached hydrogen (secondary N) is 1. The molecule has 2 aromatic rings. The smallest absolute Gasteiger partial charge is 0.107 e. The van der Waals surface area contributed by atoms with Crippen LogP contribution in [0.2, 0.25) is 9.36 Å². The van der Waals surface area contributed by atoms with E-state index in [9.17, 15) is 0 Å². The molecule has 2 nitrogen and oxygen atoms in total. The second kappa shape index (κ2) is 6.35. The quantitative estimate of drug-likeness (QED) is 0.754. The van der Waals surface area contributed by atoms with Crippen LogP contribution in [0.15, 0.2) is 28.7 Å². The lowest BCUT2D eigenvalue weighted by Crippen LogP contribution is -2.09. The summed E-state index contributed by atoms with van der Waals surface area (Å²) in [4.78, 5) is 3.16. The highest BCUT2D eigenvalue weighted by molar-refractivity contribution is 9.10. The molecule has 6 heteroatoms. The number of hydrogen-bond acceptors (Lipinski definition) is 3. The molecule has 102 valence electrons. The summed E-state index contributed by atoms with van der Waals surface area (Å²) in [6, 6.07) is 7.98. The molecular formula is C13H13BrCl2N2S. The fourth-order valence-electron chi connectivity index (χ4n) is 1.65. The minimum atomic E-state index is 0.730. The zero-order valence-corrected chi connectivity index (χ0v) is 14.4. The number of anilines is 2. The summed E-state index contributed by atoms with van der Waals surface area (Å²) in [5, 5.41) is 4.07. The van der Waals surface area contributed by atoms with Crippen molar-refractivity contribution < 1.29 is 0 Å². The number of hydrogen-bond donors (Lipinski definition) is 1. The van der Waals surface area contributed by atoms with Gasteiger partial charge in [0, 0.05) is 35.7 Å². The Morgan fingerprint density at radius 3 is 2.53 bits per heavy atom. The topological polar surface area (TPSA) is 15.3 Å². The van der Waals surface area contributed by atoms with E-state index >= 15 is 0 Å². The van der Waals surface area contributed by atoms with Crippen molar-refractivity contribution in [3.8, 4) is 0 Å². The highest BCUT2D eigenvalue weighted by atomic mass is 79.9. The average Bonchev–Trinajstić information content (AvgIpc) is 2.66. The first-order valence-electron chi connectivity index (χ1n) is 5.62. The average molecular weight is 380 g/mol. The summed E-state index contributed by atoms with van der Waals surface area (Å²) < 4.78 is 1.72. The van der Waals surface area contributed by atoms with E-state index in [-0.39, 0.29) is 0 Å².